The van der Waals surface area contributed by atoms with E-state index in [1.54, 1.807) is 0 Å². The largest absolute Gasteiger partial charge is 0.481 e. The van der Waals surface area contributed by atoms with Crippen LogP contribution in [-0.4, -0.2) is 29.1 Å². The first-order chi connectivity index (χ1) is 9.29. The molecular weight excluding hydrogens is 271 g/mol. The summed E-state index contributed by atoms with van der Waals surface area (Å²) >= 11 is 0. The lowest BCUT2D eigenvalue weighted by Gasteiger charge is -2.24. The predicted octanol–water partition coefficient (Wildman–Crippen LogP) is 3.17. The molecule has 2 atom stereocenters. The molecule has 1 aromatic rings. The Hall–Kier alpha value is -1.56. The average Bonchev–Trinajstić information content (AvgIpc) is 2.86. The maximum atomic E-state index is 12.5. The highest BCUT2D eigenvalue weighted by atomic mass is 19.4. The van der Waals surface area contributed by atoms with Gasteiger partial charge in [-0.15, -0.1) is 0 Å². The second-order valence-electron chi connectivity index (χ2n) is 5.11. The maximum absolute atomic E-state index is 12.5. The highest BCUT2D eigenvalue weighted by Crippen LogP contribution is 2.32. The minimum Gasteiger partial charge on any atom is -0.481 e. The molecule has 3 nitrogen and oxygen atoms in total. The van der Waals surface area contributed by atoms with Crippen molar-refractivity contribution in [3.05, 3.63) is 35.4 Å². The van der Waals surface area contributed by atoms with Gasteiger partial charge in [-0.25, -0.2) is 0 Å². The van der Waals surface area contributed by atoms with Gasteiger partial charge in [0, 0.05) is 12.6 Å². The van der Waals surface area contributed by atoms with Crippen LogP contribution in [0, 0.1) is 5.92 Å². The molecule has 0 bridgehead atoms. The summed E-state index contributed by atoms with van der Waals surface area (Å²) in [7, 11) is 0. The molecule has 0 spiro atoms. The molecule has 1 fully saturated rings. The molecule has 1 heterocycles. The lowest BCUT2D eigenvalue weighted by Crippen LogP contribution is -2.26. The quantitative estimate of drug-likeness (QED) is 0.928. The minimum absolute atomic E-state index is 0.0818. The van der Waals surface area contributed by atoms with Crippen LogP contribution in [0.15, 0.2) is 24.3 Å². The fraction of sp³-hybridized carbons (Fsp3) is 0.500. The first-order valence-electron chi connectivity index (χ1n) is 6.43. The fourth-order valence-electron chi connectivity index (χ4n) is 2.50. The zero-order valence-electron chi connectivity index (χ0n) is 11.0. The zero-order chi connectivity index (χ0) is 14.9. The van der Waals surface area contributed by atoms with Crippen molar-refractivity contribution in [2.45, 2.75) is 25.6 Å². The molecule has 20 heavy (non-hydrogen) atoms. The number of aliphatic carboxylic acids is 1. The van der Waals surface area contributed by atoms with E-state index < -0.39 is 17.7 Å². The second-order valence-corrected chi connectivity index (χ2v) is 5.11. The smallest absolute Gasteiger partial charge is 0.416 e. The Morgan fingerprint density at radius 1 is 1.35 bits per heavy atom. The number of likely N-dealkylation sites (tertiary alicyclic amines) is 1. The molecule has 0 radical (unpaired) electrons. The summed E-state index contributed by atoms with van der Waals surface area (Å²) < 4.78 is 37.5. The van der Waals surface area contributed by atoms with Crippen LogP contribution in [0.4, 0.5) is 13.2 Å². The number of carboxylic acids is 1. The van der Waals surface area contributed by atoms with Crippen LogP contribution in [-0.2, 0) is 11.0 Å². The van der Waals surface area contributed by atoms with Crippen molar-refractivity contribution >= 4 is 5.97 Å². The zero-order valence-corrected chi connectivity index (χ0v) is 11.0. The molecule has 1 N–H and O–H groups in total. The molecule has 0 saturated carbocycles. The summed E-state index contributed by atoms with van der Waals surface area (Å²) in [5.74, 6) is -1.20. The average molecular weight is 287 g/mol. The molecule has 0 aromatic heterocycles. The Bertz CT molecular complexity index is 484. The van der Waals surface area contributed by atoms with Crippen LogP contribution in [0.1, 0.15) is 30.5 Å². The lowest BCUT2D eigenvalue weighted by molar-refractivity contribution is -0.141. The third-order valence-electron chi connectivity index (χ3n) is 3.84. The Balaban J connectivity index is 2.07. The normalized spacial score (nSPS) is 21.9. The summed E-state index contributed by atoms with van der Waals surface area (Å²) in [4.78, 5) is 12.9. The molecule has 1 aliphatic heterocycles. The molecule has 1 aliphatic rings. The third-order valence-corrected chi connectivity index (χ3v) is 3.84. The number of hydrogen-bond acceptors (Lipinski definition) is 2. The van der Waals surface area contributed by atoms with Crippen molar-refractivity contribution in [1.82, 2.24) is 4.90 Å². The fourth-order valence-corrected chi connectivity index (χ4v) is 2.50. The number of hydrogen-bond donors (Lipinski definition) is 1. The molecule has 1 aromatic carbocycles. The summed E-state index contributed by atoms with van der Waals surface area (Å²) in [6, 6.07) is 4.97. The minimum atomic E-state index is -4.33. The summed E-state index contributed by atoms with van der Waals surface area (Å²) in [5.41, 5.74) is 0.0994. The van der Waals surface area contributed by atoms with E-state index in [0.29, 0.717) is 19.5 Å². The van der Waals surface area contributed by atoms with Crippen molar-refractivity contribution in [3.8, 4) is 0 Å². The van der Waals surface area contributed by atoms with E-state index in [1.165, 1.54) is 12.1 Å². The third kappa shape index (κ3) is 3.12. The predicted molar refractivity (Wildman–Crippen MR) is 67.2 cm³/mol. The number of halogens is 3. The second kappa shape index (κ2) is 5.44. The number of benzene rings is 1. The van der Waals surface area contributed by atoms with Gasteiger partial charge < -0.3 is 5.11 Å². The van der Waals surface area contributed by atoms with Crippen LogP contribution in [0.3, 0.4) is 0 Å². The molecule has 0 amide bonds. The molecule has 0 unspecified atom stereocenters. The van der Waals surface area contributed by atoms with Gasteiger partial charge in [0.1, 0.15) is 0 Å². The number of nitrogens with zero attached hydrogens (tertiary/aromatic N) is 1. The van der Waals surface area contributed by atoms with E-state index in [4.69, 9.17) is 5.11 Å². The molecular formula is C14H16F3NO2. The SMILES string of the molecule is C[C@H](c1ccc(C(F)(F)F)cc1)N1CC[C@H](C(=O)O)C1. The Morgan fingerprint density at radius 3 is 2.40 bits per heavy atom. The van der Waals surface area contributed by atoms with E-state index in [1.807, 2.05) is 11.8 Å². The van der Waals surface area contributed by atoms with E-state index in [2.05, 4.69) is 0 Å². The van der Waals surface area contributed by atoms with Gasteiger partial charge in [0.25, 0.3) is 0 Å². The van der Waals surface area contributed by atoms with Crippen molar-refractivity contribution in [1.29, 1.82) is 0 Å². The lowest BCUT2D eigenvalue weighted by atomic mass is 10.0. The molecule has 110 valence electrons. The maximum Gasteiger partial charge on any atom is 0.416 e. The Labute approximate surface area is 115 Å². The highest BCUT2D eigenvalue weighted by Gasteiger charge is 2.32. The highest BCUT2D eigenvalue weighted by molar-refractivity contribution is 5.70. The van der Waals surface area contributed by atoms with Gasteiger partial charge in [-0.05, 0) is 37.6 Å². The van der Waals surface area contributed by atoms with Crippen LogP contribution in [0.25, 0.3) is 0 Å². The van der Waals surface area contributed by atoms with Gasteiger partial charge in [-0.1, -0.05) is 12.1 Å². The Morgan fingerprint density at radius 2 is 1.95 bits per heavy atom. The first kappa shape index (κ1) is 14.8. The van der Waals surface area contributed by atoms with Crippen LogP contribution in [0.5, 0.6) is 0 Å². The van der Waals surface area contributed by atoms with Gasteiger partial charge in [-0.3, -0.25) is 9.69 Å². The summed E-state index contributed by atoms with van der Waals surface area (Å²) in [6.07, 6.45) is -3.75. The van der Waals surface area contributed by atoms with Crippen LogP contribution in [0.2, 0.25) is 0 Å². The van der Waals surface area contributed by atoms with Gasteiger partial charge in [-0.2, -0.15) is 13.2 Å². The van der Waals surface area contributed by atoms with Gasteiger partial charge >= 0.3 is 12.1 Å². The van der Waals surface area contributed by atoms with Crippen molar-refractivity contribution < 1.29 is 23.1 Å². The topological polar surface area (TPSA) is 40.5 Å². The Kier molecular flexibility index (Phi) is 4.04. The molecule has 2 rings (SSSR count). The standard InChI is InChI=1S/C14H16F3NO2/c1-9(18-7-6-11(8-18)13(19)20)10-2-4-12(5-3-10)14(15,16)17/h2-5,9,11H,6-8H2,1H3,(H,19,20)/t9-,11+/m1/s1. The van der Waals surface area contributed by atoms with Gasteiger partial charge in [0.05, 0.1) is 11.5 Å². The number of carboxylic acid groups (broad SMARTS) is 1. The first-order valence-corrected chi connectivity index (χ1v) is 6.43. The number of rotatable bonds is 3. The van der Waals surface area contributed by atoms with E-state index >= 15 is 0 Å². The van der Waals surface area contributed by atoms with Crippen molar-refractivity contribution in [2.24, 2.45) is 5.92 Å². The van der Waals surface area contributed by atoms with E-state index in [0.717, 1.165) is 17.7 Å². The van der Waals surface area contributed by atoms with Crippen LogP contribution < -0.4 is 0 Å². The van der Waals surface area contributed by atoms with E-state index in [9.17, 15) is 18.0 Å². The van der Waals surface area contributed by atoms with Gasteiger partial charge in [0.2, 0.25) is 0 Å². The monoisotopic (exact) mass is 287 g/mol. The van der Waals surface area contributed by atoms with E-state index in [-0.39, 0.29) is 12.0 Å². The number of alkyl halides is 3. The van der Waals surface area contributed by atoms with Crippen molar-refractivity contribution in [3.63, 3.8) is 0 Å². The van der Waals surface area contributed by atoms with Gasteiger partial charge in [0.15, 0.2) is 0 Å². The molecule has 0 aliphatic carbocycles. The van der Waals surface area contributed by atoms with Crippen LogP contribution >= 0.6 is 0 Å². The summed E-state index contributed by atoms with van der Waals surface area (Å²) in [6.45, 7) is 2.98. The van der Waals surface area contributed by atoms with Crippen molar-refractivity contribution in [2.75, 3.05) is 13.1 Å². The summed E-state index contributed by atoms with van der Waals surface area (Å²) in [5, 5.41) is 8.96. The molecule has 6 heteroatoms. The molecule has 1 saturated heterocycles. The number of carbonyl (C=O) groups is 1.